The first kappa shape index (κ1) is 30.2. The third kappa shape index (κ3) is 6.59. The van der Waals surface area contributed by atoms with Gasteiger partial charge in [0.1, 0.15) is 16.8 Å². The highest BCUT2D eigenvalue weighted by Gasteiger charge is 2.48. The van der Waals surface area contributed by atoms with E-state index >= 15 is 0 Å². The van der Waals surface area contributed by atoms with Gasteiger partial charge in [0.25, 0.3) is 0 Å². The fourth-order valence-electron chi connectivity index (χ4n) is 5.25. The second-order valence-electron chi connectivity index (χ2n) is 13.7. The van der Waals surface area contributed by atoms with Crippen LogP contribution in [-0.2, 0) is 19.0 Å². The standard InChI is InChI=1S/C28H40N6O7/c1-26(2,3)39-23(36)20-31-19(29)18-21(32-20)34(22(30-18)24(37)40-27(4,5)6)15-11-10-14-12-16(15)33(17(35)13-14)25(38)41-28(7,8)9/h14-16H,10-13H2,1-9H3,(H2,29,31,32)/t14-,15-,16-/m1/s1. The van der Waals surface area contributed by atoms with Gasteiger partial charge in [0.2, 0.25) is 17.6 Å². The Balaban J connectivity index is 1.90. The number of ether oxygens (including phenoxy) is 3. The molecule has 3 heterocycles. The molecule has 1 saturated carbocycles. The molecule has 224 valence electrons. The van der Waals surface area contributed by atoms with Crippen LogP contribution in [0.2, 0.25) is 0 Å². The van der Waals surface area contributed by atoms with Crippen molar-refractivity contribution in [3.8, 4) is 0 Å². The molecule has 41 heavy (non-hydrogen) atoms. The van der Waals surface area contributed by atoms with Crippen molar-refractivity contribution in [2.45, 2.75) is 117 Å². The van der Waals surface area contributed by atoms with Crippen LogP contribution in [0.4, 0.5) is 10.6 Å². The number of carbonyl (C=O) groups is 4. The summed E-state index contributed by atoms with van der Waals surface area (Å²) in [5, 5.41) is 0. The zero-order chi connectivity index (χ0) is 30.7. The number of anilines is 1. The summed E-state index contributed by atoms with van der Waals surface area (Å²) in [6, 6.07) is -1.29. The Labute approximate surface area is 239 Å². The normalized spacial score (nSPS) is 21.5. The molecule has 2 amide bonds. The van der Waals surface area contributed by atoms with Crippen molar-refractivity contribution in [1.29, 1.82) is 0 Å². The number of esters is 2. The van der Waals surface area contributed by atoms with Gasteiger partial charge < -0.3 is 19.9 Å². The van der Waals surface area contributed by atoms with Crippen LogP contribution >= 0.6 is 0 Å². The first-order chi connectivity index (χ1) is 18.7. The molecule has 1 aliphatic carbocycles. The maximum absolute atomic E-state index is 13.5. The third-order valence-electron chi connectivity index (χ3n) is 6.60. The number of imidazole rings is 1. The number of amides is 2. The van der Waals surface area contributed by atoms with E-state index < -0.39 is 46.9 Å². The van der Waals surface area contributed by atoms with E-state index in [-0.39, 0.29) is 46.9 Å². The van der Waals surface area contributed by atoms with E-state index in [9.17, 15) is 19.2 Å². The van der Waals surface area contributed by atoms with Gasteiger partial charge in [-0.25, -0.2) is 34.2 Å². The Bertz CT molecular complexity index is 1400. The minimum absolute atomic E-state index is 0.0687. The zero-order valence-electron chi connectivity index (χ0n) is 25.2. The maximum Gasteiger partial charge on any atom is 0.417 e. The summed E-state index contributed by atoms with van der Waals surface area (Å²) in [4.78, 5) is 67.1. The number of likely N-dealkylation sites (tertiary alicyclic amines) is 1. The summed E-state index contributed by atoms with van der Waals surface area (Å²) in [6.45, 7) is 15.5. The van der Waals surface area contributed by atoms with E-state index in [1.807, 2.05) is 0 Å². The van der Waals surface area contributed by atoms with E-state index in [0.717, 1.165) is 4.90 Å². The van der Waals surface area contributed by atoms with Gasteiger partial charge >= 0.3 is 18.0 Å². The lowest BCUT2D eigenvalue weighted by molar-refractivity contribution is -0.140. The molecule has 1 saturated heterocycles. The molecule has 2 aliphatic rings. The first-order valence-electron chi connectivity index (χ1n) is 13.8. The van der Waals surface area contributed by atoms with E-state index in [1.54, 1.807) is 62.3 Å². The number of nitrogen functional groups attached to an aromatic ring is 1. The lowest BCUT2D eigenvalue weighted by Gasteiger charge is -2.46. The highest BCUT2D eigenvalue weighted by atomic mass is 16.6. The van der Waals surface area contributed by atoms with Gasteiger partial charge in [-0.2, -0.15) is 0 Å². The molecule has 3 atom stereocenters. The Hall–Kier alpha value is -3.77. The second-order valence-corrected chi connectivity index (χ2v) is 13.7. The van der Waals surface area contributed by atoms with Crippen molar-refractivity contribution >= 4 is 40.9 Å². The summed E-state index contributed by atoms with van der Waals surface area (Å²) in [6.07, 6.45) is 1.13. The van der Waals surface area contributed by atoms with Gasteiger partial charge in [-0.3, -0.25) is 9.36 Å². The zero-order valence-corrected chi connectivity index (χ0v) is 25.2. The van der Waals surface area contributed by atoms with Crippen LogP contribution in [0.25, 0.3) is 11.2 Å². The van der Waals surface area contributed by atoms with Crippen molar-refractivity contribution in [2.24, 2.45) is 5.92 Å². The smallest absolute Gasteiger partial charge is 0.417 e. The molecule has 2 N–H and O–H groups in total. The Morgan fingerprint density at radius 3 is 1.98 bits per heavy atom. The van der Waals surface area contributed by atoms with E-state index in [2.05, 4.69) is 15.0 Å². The molecule has 2 aromatic rings. The van der Waals surface area contributed by atoms with Crippen LogP contribution in [0.1, 0.15) is 115 Å². The molecule has 13 nitrogen and oxygen atoms in total. The minimum atomic E-state index is -0.847. The summed E-state index contributed by atoms with van der Waals surface area (Å²) in [5.74, 6) is -2.39. The van der Waals surface area contributed by atoms with Gasteiger partial charge in [0, 0.05) is 6.42 Å². The van der Waals surface area contributed by atoms with Crippen molar-refractivity contribution in [3.05, 3.63) is 11.6 Å². The van der Waals surface area contributed by atoms with E-state index in [1.165, 1.54) is 4.57 Å². The van der Waals surface area contributed by atoms with Gasteiger partial charge in [-0.05, 0) is 87.5 Å². The number of nitrogens with two attached hydrogens (primary N) is 1. The fraction of sp³-hybridized carbons (Fsp3) is 0.679. The Morgan fingerprint density at radius 2 is 1.39 bits per heavy atom. The Morgan fingerprint density at radius 1 is 0.805 bits per heavy atom. The van der Waals surface area contributed by atoms with Crippen molar-refractivity contribution in [1.82, 2.24) is 24.4 Å². The van der Waals surface area contributed by atoms with Crippen LogP contribution in [0, 0.1) is 5.92 Å². The average molecular weight is 573 g/mol. The molecule has 1 aliphatic heterocycles. The molecule has 2 bridgehead atoms. The lowest BCUT2D eigenvalue weighted by Crippen LogP contribution is -2.56. The number of rotatable bonds is 3. The molecular weight excluding hydrogens is 532 g/mol. The number of fused-ring (bicyclic) bond motifs is 3. The van der Waals surface area contributed by atoms with Gasteiger partial charge in [0.15, 0.2) is 17.0 Å². The van der Waals surface area contributed by atoms with Crippen molar-refractivity contribution in [3.63, 3.8) is 0 Å². The predicted molar refractivity (Wildman–Crippen MR) is 148 cm³/mol. The maximum atomic E-state index is 13.5. The SMILES string of the molecule is CC(C)(C)OC(=O)c1nc(N)c2nc(C(=O)OC(C)(C)C)n([C@@H]3CC[C@H]4CC(=O)N(C(=O)OC(C)(C)C)[C@@H]3C4)c2n1. The lowest BCUT2D eigenvalue weighted by atomic mass is 9.76. The molecular formula is C28H40N6O7. The summed E-state index contributed by atoms with van der Waals surface area (Å²) in [5.41, 5.74) is 3.94. The van der Waals surface area contributed by atoms with Crippen LogP contribution in [-0.4, -0.2) is 71.2 Å². The number of piperidine rings is 1. The third-order valence-corrected chi connectivity index (χ3v) is 6.60. The number of aromatic nitrogens is 4. The number of hydrogen-bond donors (Lipinski definition) is 1. The molecule has 0 unspecified atom stereocenters. The van der Waals surface area contributed by atoms with Gasteiger partial charge in [-0.1, -0.05) is 0 Å². The van der Waals surface area contributed by atoms with Crippen LogP contribution in [0.5, 0.6) is 0 Å². The largest absolute Gasteiger partial charge is 0.454 e. The fourth-order valence-corrected chi connectivity index (χ4v) is 5.25. The predicted octanol–water partition coefficient (Wildman–Crippen LogP) is 4.20. The van der Waals surface area contributed by atoms with E-state index in [4.69, 9.17) is 19.9 Å². The van der Waals surface area contributed by atoms with Crippen molar-refractivity contribution < 1.29 is 33.4 Å². The first-order valence-corrected chi connectivity index (χ1v) is 13.8. The second kappa shape index (κ2) is 10.3. The highest BCUT2D eigenvalue weighted by Crippen LogP contribution is 2.43. The topological polar surface area (TPSA) is 169 Å². The average Bonchev–Trinajstić information content (AvgIpc) is 3.16. The van der Waals surface area contributed by atoms with E-state index in [0.29, 0.717) is 19.3 Å². The minimum Gasteiger partial charge on any atom is -0.454 e. The van der Waals surface area contributed by atoms with Crippen LogP contribution in [0.3, 0.4) is 0 Å². The highest BCUT2D eigenvalue weighted by molar-refractivity contribution is 5.96. The molecule has 0 spiro atoms. The summed E-state index contributed by atoms with van der Waals surface area (Å²) >= 11 is 0. The molecule has 13 heteroatoms. The number of hydrogen-bond acceptors (Lipinski definition) is 11. The number of imide groups is 1. The summed E-state index contributed by atoms with van der Waals surface area (Å²) < 4.78 is 18.2. The van der Waals surface area contributed by atoms with Crippen LogP contribution in [0.15, 0.2) is 0 Å². The molecule has 4 rings (SSSR count). The monoisotopic (exact) mass is 572 g/mol. The Kier molecular flexibility index (Phi) is 7.55. The number of nitrogens with zero attached hydrogens (tertiary/aromatic N) is 5. The quantitative estimate of drug-likeness (QED) is 0.413. The molecule has 2 aromatic heterocycles. The number of carbonyl (C=O) groups excluding carboxylic acids is 4. The summed E-state index contributed by atoms with van der Waals surface area (Å²) in [7, 11) is 0. The van der Waals surface area contributed by atoms with Gasteiger partial charge in [-0.15, -0.1) is 0 Å². The van der Waals surface area contributed by atoms with Crippen LogP contribution < -0.4 is 5.73 Å². The molecule has 0 aromatic carbocycles. The van der Waals surface area contributed by atoms with Gasteiger partial charge in [0.05, 0.1) is 12.1 Å². The molecule has 2 fully saturated rings. The van der Waals surface area contributed by atoms with Crippen molar-refractivity contribution in [2.75, 3.05) is 5.73 Å². The molecule has 0 radical (unpaired) electrons.